The van der Waals surface area contributed by atoms with Crippen molar-refractivity contribution < 1.29 is 33.5 Å². The second-order valence-electron chi connectivity index (χ2n) is 16.7. The Kier molecular flexibility index (Phi) is 10.2. The van der Waals surface area contributed by atoms with Crippen molar-refractivity contribution in [2.75, 3.05) is 6.54 Å². The maximum Gasteiger partial charge on any atom is 0.329 e. The van der Waals surface area contributed by atoms with Crippen LogP contribution in [0.3, 0.4) is 0 Å². The van der Waals surface area contributed by atoms with Crippen LogP contribution in [0.1, 0.15) is 107 Å². The van der Waals surface area contributed by atoms with Crippen LogP contribution in [0.4, 0.5) is 4.79 Å². The third-order valence-corrected chi connectivity index (χ3v) is 10.4. The molecule has 1 heterocycles. The number of nitrogens with zero attached hydrogens (tertiary/aromatic N) is 1. The molecule has 4 aliphatic rings. The fourth-order valence-corrected chi connectivity index (χ4v) is 7.49. The summed E-state index contributed by atoms with van der Waals surface area (Å²) in [6, 6.07) is -4.42. The number of piperidine rings is 1. The summed E-state index contributed by atoms with van der Waals surface area (Å²) < 4.78 is 5.59. The summed E-state index contributed by atoms with van der Waals surface area (Å²) in [7, 11) is 0. The van der Waals surface area contributed by atoms with E-state index >= 15 is 0 Å². The average Bonchev–Trinajstić information content (AvgIpc) is 3.79. The third kappa shape index (κ3) is 8.20. The number of ketones is 1. The van der Waals surface area contributed by atoms with Crippen LogP contribution in [0.2, 0.25) is 0 Å². The van der Waals surface area contributed by atoms with E-state index in [0.29, 0.717) is 13.0 Å². The maximum atomic E-state index is 14.5. The molecule has 258 valence electrons. The number of ether oxygens (including phenoxy) is 1. The van der Waals surface area contributed by atoms with Gasteiger partial charge in [0.2, 0.25) is 17.6 Å². The lowest BCUT2D eigenvalue weighted by Crippen LogP contribution is -2.62. The zero-order chi connectivity index (χ0) is 34.4. The Morgan fingerprint density at radius 3 is 2.02 bits per heavy atom. The van der Waals surface area contributed by atoms with E-state index < -0.39 is 64.8 Å². The molecule has 0 aromatic carbocycles. The van der Waals surface area contributed by atoms with Gasteiger partial charge in [0.15, 0.2) is 0 Å². The monoisotopic (exact) mass is 645 g/mol. The molecule has 12 nitrogen and oxygen atoms in total. The summed E-state index contributed by atoms with van der Waals surface area (Å²) >= 11 is 0. The van der Waals surface area contributed by atoms with Crippen molar-refractivity contribution in [1.82, 2.24) is 20.9 Å². The molecule has 5 N–H and O–H groups in total. The van der Waals surface area contributed by atoms with Gasteiger partial charge in [-0.25, -0.2) is 9.59 Å². The van der Waals surface area contributed by atoms with Gasteiger partial charge in [0.05, 0.1) is 6.04 Å². The molecular formula is C34H55N5O7. The lowest BCUT2D eigenvalue weighted by molar-refractivity contribution is -0.160. The molecule has 0 radical (unpaired) electrons. The van der Waals surface area contributed by atoms with Crippen LogP contribution in [0, 0.1) is 34.5 Å². The summed E-state index contributed by atoms with van der Waals surface area (Å²) in [5.41, 5.74) is 3.71. The molecule has 0 aromatic heterocycles. The van der Waals surface area contributed by atoms with Gasteiger partial charge < -0.3 is 31.3 Å². The number of fused-ring (bicyclic) bond motifs is 1. The van der Waals surface area contributed by atoms with Gasteiger partial charge >= 0.3 is 12.0 Å². The molecule has 0 bridgehead atoms. The topological polar surface area (TPSA) is 177 Å². The van der Waals surface area contributed by atoms with Crippen molar-refractivity contribution in [3.05, 3.63) is 0 Å². The minimum absolute atomic E-state index is 0.0826. The minimum Gasteiger partial charge on any atom is -0.458 e. The Hall–Kier alpha value is -3.18. The van der Waals surface area contributed by atoms with Crippen molar-refractivity contribution in [3.63, 3.8) is 0 Å². The predicted octanol–water partition coefficient (Wildman–Crippen LogP) is 2.81. The third-order valence-electron chi connectivity index (χ3n) is 10.4. The van der Waals surface area contributed by atoms with E-state index in [1.54, 1.807) is 25.7 Å². The number of esters is 1. The van der Waals surface area contributed by atoms with Gasteiger partial charge in [0.1, 0.15) is 23.7 Å². The van der Waals surface area contributed by atoms with Crippen molar-refractivity contribution >= 4 is 35.5 Å². The molecule has 46 heavy (non-hydrogen) atoms. The Bertz CT molecular complexity index is 1230. The SMILES string of the molecule is CC(C)(C)OC(=O)C(NC(=O)N[C@H](C(=O)N1C[C@H]2[C@@H]([C@H]1C(=O)NC(CC1CC1)C(=O)C(N)=O)C2(C)C)C1CCCCC1)C(C)(C)C. The van der Waals surface area contributed by atoms with E-state index in [-0.39, 0.29) is 35.0 Å². The highest BCUT2D eigenvalue weighted by atomic mass is 16.6. The lowest BCUT2D eigenvalue weighted by Gasteiger charge is -2.38. The quantitative estimate of drug-likeness (QED) is 0.197. The smallest absolute Gasteiger partial charge is 0.329 e. The zero-order valence-electron chi connectivity index (χ0n) is 28.9. The molecule has 5 amide bonds. The van der Waals surface area contributed by atoms with Crippen LogP contribution < -0.4 is 21.7 Å². The van der Waals surface area contributed by atoms with Crippen molar-refractivity contribution in [3.8, 4) is 0 Å². The first-order chi connectivity index (χ1) is 21.2. The zero-order valence-corrected chi connectivity index (χ0v) is 28.9. The van der Waals surface area contributed by atoms with E-state index in [2.05, 4.69) is 29.8 Å². The van der Waals surface area contributed by atoms with Crippen LogP contribution >= 0.6 is 0 Å². The summed E-state index contributed by atoms with van der Waals surface area (Å²) in [5, 5.41) is 8.47. The van der Waals surface area contributed by atoms with Crippen molar-refractivity contribution in [2.45, 2.75) is 137 Å². The number of hydrogen-bond donors (Lipinski definition) is 4. The second kappa shape index (κ2) is 13.1. The number of nitrogens with two attached hydrogens (primary N) is 1. The Morgan fingerprint density at radius 1 is 0.891 bits per heavy atom. The summed E-state index contributed by atoms with van der Waals surface area (Å²) in [6.45, 7) is 15.2. The van der Waals surface area contributed by atoms with E-state index in [1.807, 2.05) is 20.8 Å². The Morgan fingerprint density at radius 2 is 1.50 bits per heavy atom. The van der Waals surface area contributed by atoms with Crippen molar-refractivity contribution in [2.24, 2.45) is 40.2 Å². The van der Waals surface area contributed by atoms with Gasteiger partial charge in [-0.05, 0) is 74.5 Å². The first-order valence-corrected chi connectivity index (χ1v) is 17.0. The molecule has 3 saturated carbocycles. The number of Topliss-reactive ketones (excluding diaryl/α,β-unsaturated/α-hetero) is 1. The molecule has 12 heteroatoms. The molecule has 1 aliphatic heterocycles. The molecule has 6 atom stereocenters. The largest absolute Gasteiger partial charge is 0.458 e. The van der Waals surface area contributed by atoms with E-state index in [0.717, 1.165) is 44.9 Å². The molecule has 1 saturated heterocycles. The highest BCUT2D eigenvalue weighted by Gasteiger charge is 2.69. The normalized spacial score (nSPS) is 26.2. The van der Waals surface area contributed by atoms with Gasteiger partial charge in [-0.15, -0.1) is 0 Å². The first-order valence-electron chi connectivity index (χ1n) is 17.0. The first kappa shape index (κ1) is 35.7. The number of rotatable bonds is 11. The van der Waals surface area contributed by atoms with Crippen molar-refractivity contribution in [1.29, 1.82) is 0 Å². The molecule has 4 rings (SSSR count). The van der Waals surface area contributed by atoms with Crippen LogP contribution in [0.5, 0.6) is 0 Å². The predicted molar refractivity (Wildman–Crippen MR) is 171 cm³/mol. The number of primary amides is 1. The van der Waals surface area contributed by atoms with Crippen LogP contribution in [0.15, 0.2) is 0 Å². The fraction of sp³-hybridized carbons (Fsp3) is 0.824. The van der Waals surface area contributed by atoms with Crippen LogP contribution in [-0.4, -0.2) is 76.7 Å². The second-order valence-corrected chi connectivity index (χ2v) is 16.7. The lowest BCUT2D eigenvalue weighted by atomic mass is 9.83. The molecule has 0 aromatic rings. The fourth-order valence-electron chi connectivity index (χ4n) is 7.49. The van der Waals surface area contributed by atoms with E-state index in [4.69, 9.17) is 10.5 Å². The Balaban J connectivity index is 1.56. The maximum absolute atomic E-state index is 14.5. The highest BCUT2D eigenvalue weighted by molar-refractivity contribution is 6.37. The summed E-state index contributed by atoms with van der Waals surface area (Å²) in [6.07, 6.45) is 6.54. The highest BCUT2D eigenvalue weighted by Crippen LogP contribution is 2.65. The van der Waals surface area contributed by atoms with Crippen LogP contribution in [-0.2, 0) is 28.7 Å². The van der Waals surface area contributed by atoms with Gasteiger partial charge in [-0.1, -0.05) is 66.7 Å². The Labute approximate surface area is 273 Å². The number of likely N-dealkylation sites (tertiary alicyclic amines) is 1. The molecule has 3 aliphatic carbocycles. The van der Waals surface area contributed by atoms with Gasteiger partial charge in [0, 0.05) is 6.54 Å². The number of nitrogens with one attached hydrogen (secondary N) is 3. The van der Waals surface area contributed by atoms with Gasteiger partial charge in [-0.2, -0.15) is 0 Å². The molecule has 0 spiro atoms. The summed E-state index contributed by atoms with van der Waals surface area (Å²) in [5.74, 6) is -3.27. The average molecular weight is 646 g/mol. The number of hydrogen-bond acceptors (Lipinski definition) is 7. The number of carbonyl (C=O) groups is 6. The molecule has 2 unspecified atom stereocenters. The standard InChI is InChI=1S/C34H55N5O7/c1-32(2,3)26(30(44)46-33(4,5)6)38-31(45)37-23(19-12-10-9-11-13-19)29(43)39-17-20-22(34(20,7)8)24(39)28(42)36-21(16-18-14-15-18)25(40)27(35)41/h18-24,26H,9-17H2,1-8H3,(H2,35,41)(H,36,42)(H2,37,38,45)/t20-,21?,22-,23-,24-,26?/m0/s1. The molecular weight excluding hydrogens is 590 g/mol. The van der Waals surface area contributed by atoms with Gasteiger partial charge in [0.25, 0.3) is 5.91 Å². The van der Waals surface area contributed by atoms with E-state index in [9.17, 15) is 28.8 Å². The van der Waals surface area contributed by atoms with Crippen LogP contribution in [0.25, 0.3) is 0 Å². The number of carbonyl (C=O) groups excluding carboxylic acids is 6. The number of amides is 5. The number of urea groups is 1. The van der Waals surface area contributed by atoms with E-state index in [1.165, 1.54) is 0 Å². The molecule has 4 fully saturated rings. The minimum atomic E-state index is -1.09. The summed E-state index contributed by atoms with van der Waals surface area (Å²) in [4.78, 5) is 81.1. The van der Waals surface area contributed by atoms with Gasteiger partial charge in [-0.3, -0.25) is 19.2 Å².